The Bertz CT molecular complexity index is 1360. The molecule has 2 aliphatic rings. The molecule has 206 valence electrons. The number of benzene rings is 2. The monoisotopic (exact) mass is 532 g/mol. The Morgan fingerprint density at radius 2 is 1.90 bits per heavy atom. The second kappa shape index (κ2) is 11.5. The average Bonchev–Trinajstić information content (AvgIpc) is 2.95. The molecule has 1 atom stereocenters. The van der Waals surface area contributed by atoms with Crippen LogP contribution in [0.1, 0.15) is 11.3 Å². The van der Waals surface area contributed by atoms with Gasteiger partial charge in [0, 0.05) is 55.4 Å². The highest BCUT2D eigenvalue weighted by Gasteiger charge is 2.29. The number of rotatable bonds is 8. The lowest BCUT2D eigenvalue weighted by atomic mass is 10.0. The minimum absolute atomic E-state index is 0.0392. The largest absolute Gasteiger partial charge is 0.508 e. The SMILES string of the molecule is C=CC(=O)N1CCN(c2nc(OCC(CO)N(C)C)nc3c2CCN(c2cc(O)cc4ccccc24)C3)CC1. The average molecular weight is 533 g/mol. The van der Waals surface area contributed by atoms with E-state index in [1.165, 1.54) is 6.08 Å². The Labute approximate surface area is 228 Å². The number of phenolic OH excluding ortho intramolecular Hbond substituents is 1. The van der Waals surface area contributed by atoms with Gasteiger partial charge in [-0.15, -0.1) is 0 Å². The van der Waals surface area contributed by atoms with Crippen LogP contribution in [0, 0.1) is 0 Å². The van der Waals surface area contributed by atoms with Gasteiger partial charge in [-0.2, -0.15) is 9.97 Å². The van der Waals surface area contributed by atoms with Crippen LogP contribution in [0.2, 0.25) is 0 Å². The minimum atomic E-state index is -0.184. The molecule has 1 saturated heterocycles. The summed E-state index contributed by atoms with van der Waals surface area (Å²) in [5, 5.41) is 22.2. The minimum Gasteiger partial charge on any atom is -0.508 e. The first-order valence-electron chi connectivity index (χ1n) is 13.3. The Hall–Kier alpha value is -3.89. The molecule has 2 aromatic carbocycles. The number of amides is 1. The summed E-state index contributed by atoms with van der Waals surface area (Å²) in [5.41, 5.74) is 2.92. The summed E-state index contributed by atoms with van der Waals surface area (Å²) >= 11 is 0. The van der Waals surface area contributed by atoms with Crippen molar-refractivity contribution in [3.8, 4) is 11.8 Å². The molecule has 0 spiro atoms. The molecular formula is C29H36N6O4. The number of hydrogen-bond donors (Lipinski definition) is 2. The Morgan fingerprint density at radius 1 is 1.13 bits per heavy atom. The van der Waals surface area contributed by atoms with Crippen molar-refractivity contribution < 1.29 is 19.7 Å². The van der Waals surface area contributed by atoms with Crippen molar-refractivity contribution >= 4 is 28.2 Å². The molecule has 1 unspecified atom stereocenters. The molecule has 3 heterocycles. The van der Waals surface area contributed by atoms with E-state index >= 15 is 0 Å². The van der Waals surface area contributed by atoms with Crippen molar-refractivity contribution in [2.75, 3.05) is 69.8 Å². The Balaban J connectivity index is 1.47. The van der Waals surface area contributed by atoms with Crippen LogP contribution in [0.25, 0.3) is 10.8 Å². The summed E-state index contributed by atoms with van der Waals surface area (Å²) in [5.74, 6) is 1.01. The number of ether oxygens (including phenoxy) is 1. The maximum Gasteiger partial charge on any atom is 0.318 e. The van der Waals surface area contributed by atoms with Gasteiger partial charge in [0.1, 0.15) is 18.2 Å². The van der Waals surface area contributed by atoms with Crippen LogP contribution in [-0.2, 0) is 17.8 Å². The van der Waals surface area contributed by atoms with E-state index in [2.05, 4.69) is 22.4 Å². The maximum atomic E-state index is 12.1. The summed E-state index contributed by atoms with van der Waals surface area (Å²) in [6, 6.07) is 11.7. The number of piperazine rings is 1. The fourth-order valence-corrected chi connectivity index (χ4v) is 5.26. The van der Waals surface area contributed by atoms with Gasteiger partial charge in [0.15, 0.2) is 0 Å². The van der Waals surface area contributed by atoms with Crippen LogP contribution in [0.3, 0.4) is 0 Å². The molecule has 10 nitrogen and oxygen atoms in total. The van der Waals surface area contributed by atoms with Crippen LogP contribution < -0.4 is 14.5 Å². The smallest absolute Gasteiger partial charge is 0.318 e. The van der Waals surface area contributed by atoms with Gasteiger partial charge in [-0.25, -0.2) is 0 Å². The second-order valence-corrected chi connectivity index (χ2v) is 10.2. The standard InChI is InChI=1S/C29H36N6O4/c1-4-27(38)33-11-13-34(14-12-33)28-24-9-10-35(26-16-22(37)15-20-7-5-6-8-23(20)26)17-25(24)30-29(31-28)39-19-21(18-36)32(2)3/h4-8,15-16,21,36-37H,1,9-14,17-19H2,2-3H3. The molecule has 39 heavy (non-hydrogen) atoms. The zero-order valence-corrected chi connectivity index (χ0v) is 22.6. The number of hydrogen-bond acceptors (Lipinski definition) is 9. The molecule has 1 aromatic heterocycles. The molecule has 2 N–H and O–H groups in total. The summed E-state index contributed by atoms with van der Waals surface area (Å²) < 4.78 is 6.04. The quantitative estimate of drug-likeness (QED) is 0.422. The molecule has 1 fully saturated rings. The topological polar surface area (TPSA) is 106 Å². The molecule has 3 aromatic rings. The number of anilines is 2. The number of aromatic hydroxyl groups is 1. The first-order chi connectivity index (χ1) is 18.9. The lowest BCUT2D eigenvalue weighted by molar-refractivity contribution is -0.126. The number of aliphatic hydroxyl groups excluding tert-OH is 1. The molecule has 0 saturated carbocycles. The highest BCUT2D eigenvalue weighted by Crippen LogP contribution is 2.36. The summed E-state index contributed by atoms with van der Waals surface area (Å²) in [6.45, 7) is 7.61. The third-order valence-corrected chi connectivity index (χ3v) is 7.60. The molecule has 10 heteroatoms. The molecular weight excluding hydrogens is 496 g/mol. The fourth-order valence-electron chi connectivity index (χ4n) is 5.26. The molecule has 2 aliphatic heterocycles. The van der Waals surface area contributed by atoms with Gasteiger partial charge >= 0.3 is 6.01 Å². The molecule has 0 radical (unpaired) electrons. The molecule has 0 aliphatic carbocycles. The number of fused-ring (bicyclic) bond motifs is 2. The van der Waals surface area contributed by atoms with Crippen molar-refractivity contribution in [2.24, 2.45) is 0 Å². The van der Waals surface area contributed by atoms with E-state index in [1.807, 2.05) is 43.3 Å². The lowest BCUT2D eigenvalue weighted by Crippen LogP contribution is -2.49. The van der Waals surface area contributed by atoms with Gasteiger partial charge in [-0.1, -0.05) is 30.8 Å². The third kappa shape index (κ3) is 5.62. The van der Waals surface area contributed by atoms with Crippen molar-refractivity contribution in [1.82, 2.24) is 19.8 Å². The van der Waals surface area contributed by atoms with Crippen LogP contribution >= 0.6 is 0 Å². The zero-order valence-electron chi connectivity index (χ0n) is 22.6. The second-order valence-electron chi connectivity index (χ2n) is 10.2. The van der Waals surface area contributed by atoms with E-state index in [4.69, 9.17) is 14.7 Å². The van der Waals surface area contributed by atoms with Crippen molar-refractivity contribution in [2.45, 2.75) is 19.0 Å². The van der Waals surface area contributed by atoms with Crippen molar-refractivity contribution in [1.29, 1.82) is 0 Å². The number of nitrogens with zero attached hydrogens (tertiary/aromatic N) is 6. The van der Waals surface area contributed by atoms with Gasteiger partial charge in [-0.3, -0.25) is 4.79 Å². The molecule has 0 bridgehead atoms. The van der Waals surface area contributed by atoms with E-state index in [0.717, 1.165) is 46.5 Å². The number of carbonyl (C=O) groups is 1. The van der Waals surface area contributed by atoms with Gasteiger partial charge in [0.05, 0.1) is 24.9 Å². The highest BCUT2D eigenvalue weighted by atomic mass is 16.5. The van der Waals surface area contributed by atoms with Gasteiger partial charge in [0.25, 0.3) is 0 Å². The van der Waals surface area contributed by atoms with Crippen LogP contribution in [0.4, 0.5) is 11.5 Å². The summed E-state index contributed by atoms with van der Waals surface area (Å²) in [4.78, 5) is 29.9. The van der Waals surface area contributed by atoms with Crippen LogP contribution in [0.15, 0.2) is 49.1 Å². The predicted molar refractivity (Wildman–Crippen MR) is 151 cm³/mol. The number of carbonyl (C=O) groups excluding carboxylic acids is 1. The number of aliphatic hydroxyl groups is 1. The van der Waals surface area contributed by atoms with E-state index in [9.17, 15) is 15.0 Å². The lowest BCUT2D eigenvalue weighted by Gasteiger charge is -2.38. The first kappa shape index (κ1) is 26.7. The van der Waals surface area contributed by atoms with Crippen LogP contribution in [-0.4, -0.2) is 102 Å². The van der Waals surface area contributed by atoms with E-state index < -0.39 is 0 Å². The Kier molecular flexibility index (Phi) is 7.85. The van der Waals surface area contributed by atoms with Gasteiger partial charge in [-0.05, 0) is 38.0 Å². The summed E-state index contributed by atoms with van der Waals surface area (Å²) in [6.07, 6.45) is 2.09. The van der Waals surface area contributed by atoms with E-state index in [1.54, 1.807) is 11.0 Å². The zero-order chi connectivity index (χ0) is 27.5. The van der Waals surface area contributed by atoms with E-state index in [0.29, 0.717) is 32.7 Å². The molecule has 1 amide bonds. The van der Waals surface area contributed by atoms with Crippen molar-refractivity contribution in [3.05, 3.63) is 60.3 Å². The predicted octanol–water partition coefficient (Wildman–Crippen LogP) is 2.03. The highest BCUT2D eigenvalue weighted by molar-refractivity contribution is 5.95. The van der Waals surface area contributed by atoms with Crippen LogP contribution in [0.5, 0.6) is 11.8 Å². The fraction of sp³-hybridized carbons (Fsp3) is 0.414. The van der Waals surface area contributed by atoms with Gasteiger partial charge in [0.2, 0.25) is 5.91 Å². The molecule has 5 rings (SSSR count). The normalized spacial score (nSPS) is 16.4. The number of phenols is 1. The maximum absolute atomic E-state index is 12.1. The first-order valence-corrected chi connectivity index (χ1v) is 13.3. The number of aromatic nitrogens is 2. The summed E-state index contributed by atoms with van der Waals surface area (Å²) in [7, 11) is 3.79. The van der Waals surface area contributed by atoms with Gasteiger partial charge < -0.3 is 34.5 Å². The van der Waals surface area contributed by atoms with E-state index in [-0.39, 0.29) is 36.9 Å². The third-order valence-electron chi connectivity index (χ3n) is 7.60. The number of likely N-dealkylation sites (N-methyl/N-ethyl adjacent to an activating group) is 1. The van der Waals surface area contributed by atoms with Crippen molar-refractivity contribution in [3.63, 3.8) is 0 Å². The Morgan fingerprint density at radius 3 is 2.62 bits per heavy atom.